The molecule has 0 bridgehead atoms. The first-order valence-electron chi connectivity index (χ1n) is 8.54. The molecule has 1 aromatic carbocycles. The average molecular weight is 331 g/mol. The fourth-order valence-corrected chi connectivity index (χ4v) is 4.50. The number of rotatable bonds is 3. The predicted molar refractivity (Wildman–Crippen MR) is 93.7 cm³/mol. The highest BCUT2D eigenvalue weighted by atomic mass is 35.5. The number of phenols is 1. The van der Waals surface area contributed by atoms with Gasteiger partial charge in [0.2, 0.25) is 0 Å². The van der Waals surface area contributed by atoms with Crippen LogP contribution in [0.5, 0.6) is 5.75 Å². The molecular weight excluding hydrogens is 308 g/mol. The van der Waals surface area contributed by atoms with Crippen molar-refractivity contribution in [3.05, 3.63) is 35.0 Å². The molecule has 2 aromatic rings. The molecule has 2 N–H and O–H groups in total. The Balaban J connectivity index is 1.49. The van der Waals surface area contributed by atoms with Crippen LogP contribution in [0.4, 0.5) is 0 Å². The summed E-state index contributed by atoms with van der Waals surface area (Å²) in [6, 6.07) is 6.36. The Kier molecular flexibility index (Phi) is 3.73. The molecule has 0 radical (unpaired) electrons. The van der Waals surface area contributed by atoms with Gasteiger partial charge in [-0.25, -0.2) is 0 Å². The van der Waals surface area contributed by atoms with Crippen LogP contribution in [0.3, 0.4) is 0 Å². The molecule has 2 fully saturated rings. The van der Waals surface area contributed by atoms with Crippen molar-refractivity contribution in [1.82, 2.24) is 10.3 Å². The van der Waals surface area contributed by atoms with E-state index >= 15 is 0 Å². The summed E-state index contributed by atoms with van der Waals surface area (Å²) in [6.45, 7) is 3.06. The third-order valence-electron chi connectivity index (χ3n) is 5.56. The second kappa shape index (κ2) is 5.64. The van der Waals surface area contributed by atoms with Gasteiger partial charge in [0, 0.05) is 29.7 Å². The highest BCUT2D eigenvalue weighted by Crippen LogP contribution is 2.57. The molecule has 0 saturated heterocycles. The fraction of sp³-hybridized carbons (Fsp3) is 0.526. The van der Waals surface area contributed by atoms with Crippen LogP contribution in [0.25, 0.3) is 10.9 Å². The minimum atomic E-state index is 0.275. The molecule has 2 aliphatic carbocycles. The molecule has 2 atom stereocenters. The molecule has 0 aliphatic heterocycles. The van der Waals surface area contributed by atoms with Crippen LogP contribution < -0.4 is 5.32 Å². The van der Waals surface area contributed by atoms with Crippen molar-refractivity contribution in [3.63, 3.8) is 0 Å². The monoisotopic (exact) mass is 330 g/mol. The fourth-order valence-electron chi connectivity index (χ4n) is 4.34. The summed E-state index contributed by atoms with van der Waals surface area (Å²) >= 11 is 5.96. The van der Waals surface area contributed by atoms with Crippen LogP contribution in [0, 0.1) is 11.3 Å². The van der Waals surface area contributed by atoms with Crippen molar-refractivity contribution in [2.24, 2.45) is 11.3 Å². The topological polar surface area (TPSA) is 45.2 Å². The third-order valence-corrected chi connectivity index (χ3v) is 5.77. The maximum atomic E-state index is 10.5. The van der Waals surface area contributed by atoms with E-state index in [4.69, 9.17) is 11.6 Å². The number of phenolic OH excluding ortho intramolecular Hbond substituents is 1. The Morgan fingerprint density at radius 1 is 1.35 bits per heavy atom. The van der Waals surface area contributed by atoms with Gasteiger partial charge in [-0.3, -0.25) is 4.98 Å². The van der Waals surface area contributed by atoms with Gasteiger partial charge < -0.3 is 10.4 Å². The molecule has 0 amide bonds. The highest BCUT2D eigenvalue weighted by molar-refractivity contribution is 6.31. The van der Waals surface area contributed by atoms with Crippen LogP contribution >= 0.6 is 11.6 Å². The molecule has 1 spiro atoms. The van der Waals surface area contributed by atoms with E-state index < -0.39 is 0 Å². The summed E-state index contributed by atoms with van der Waals surface area (Å²) in [5, 5.41) is 15.6. The van der Waals surface area contributed by atoms with Crippen LogP contribution in [-0.2, 0) is 6.54 Å². The summed E-state index contributed by atoms with van der Waals surface area (Å²) in [6.07, 6.45) is 8.32. The zero-order valence-corrected chi connectivity index (χ0v) is 14.2. The van der Waals surface area contributed by atoms with Crippen molar-refractivity contribution < 1.29 is 5.11 Å². The van der Waals surface area contributed by atoms with Gasteiger partial charge in [-0.15, -0.1) is 0 Å². The Labute approximate surface area is 142 Å². The standard InChI is InChI=1S/C19H23ClN2O/c1-12-6-16(9-19(8-12)4-5-19)21-10-14-3-2-13-7-15(20)11-22-17(13)18(14)23/h2-3,7,11-12,16,21,23H,4-6,8-10H2,1H3. The lowest BCUT2D eigenvalue weighted by molar-refractivity contribution is 0.208. The Bertz CT molecular complexity index is 741. The van der Waals surface area contributed by atoms with Crippen molar-refractivity contribution in [3.8, 4) is 5.75 Å². The lowest BCUT2D eigenvalue weighted by Crippen LogP contribution is -2.37. The van der Waals surface area contributed by atoms with Gasteiger partial charge >= 0.3 is 0 Å². The minimum absolute atomic E-state index is 0.275. The van der Waals surface area contributed by atoms with E-state index in [1.807, 2.05) is 18.2 Å². The first kappa shape index (κ1) is 15.2. The normalized spacial score (nSPS) is 25.8. The molecule has 2 unspecified atom stereocenters. The van der Waals surface area contributed by atoms with Crippen LogP contribution in [-0.4, -0.2) is 16.1 Å². The molecule has 3 nitrogen and oxygen atoms in total. The molecule has 2 aliphatic rings. The summed E-state index contributed by atoms with van der Waals surface area (Å²) in [4.78, 5) is 4.27. The number of hydrogen-bond acceptors (Lipinski definition) is 3. The van der Waals surface area contributed by atoms with E-state index in [0.29, 0.717) is 28.5 Å². The molecule has 1 heterocycles. The zero-order chi connectivity index (χ0) is 16.0. The van der Waals surface area contributed by atoms with E-state index in [9.17, 15) is 5.11 Å². The highest BCUT2D eigenvalue weighted by Gasteiger charge is 2.47. The predicted octanol–water partition coefficient (Wildman–Crippen LogP) is 4.65. The summed E-state index contributed by atoms with van der Waals surface area (Å²) in [7, 11) is 0. The maximum absolute atomic E-state index is 10.5. The summed E-state index contributed by atoms with van der Waals surface area (Å²) in [5.74, 6) is 1.08. The Morgan fingerprint density at radius 3 is 2.96 bits per heavy atom. The number of aromatic hydroxyl groups is 1. The lowest BCUT2D eigenvalue weighted by Gasteiger charge is -2.34. The Morgan fingerprint density at radius 2 is 2.17 bits per heavy atom. The number of benzene rings is 1. The van der Waals surface area contributed by atoms with Crippen molar-refractivity contribution >= 4 is 22.5 Å². The number of halogens is 1. The largest absolute Gasteiger partial charge is 0.505 e. The van der Waals surface area contributed by atoms with Crippen LogP contribution in [0.15, 0.2) is 24.4 Å². The molecule has 4 rings (SSSR count). The lowest BCUT2D eigenvalue weighted by atomic mass is 9.77. The molecule has 122 valence electrons. The molecular formula is C19H23ClN2O. The van der Waals surface area contributed by atoms with Crippen LogP contribution in [0.1, 0.15) is 44.6 Å². The molecule has 2 saturated carbocycles. The van der Waals surface area contributed by atoms with E-state index in [0.717, 1.165) is 16.9 Å². The second-order valence-corrected chi connectivity index (χ2v) is 8.06. The number of hydrogen-bond donors (Lipinski definition) is 2. The van der Waals surface area contributed by atoms with Gasteiger partial charge in [-0.05, 0) is 49.5 Å². The SMILES string of the molecule is CC1CC(NCc2ccc3cc(Cl)cnc3c2O)CC2(CC2)C1. The quantitative estimate of drug-likeness (QED) is 0.860. The van der Waals surface area contributed by atoms with Gasteiger partial charge in [0.1, 0.15) is 11.3 Å². The molecule has 1 aromatic heterocycles. The van der Waals surface area contributed by atoms with Gasteiger partial charge in [-0.1, -0.05) is 30.7 Å². The first-order valence-corrected chi connectivity index (χ1v) is 8.92. The smallest absolute Gasteiger partial charge is 0.146 e. The van der Waals surface area contributed by atoms with E-state index in [-0.39, 0.29) is 5.75 Å². The minimum Gasteiger partial charge on any atom is -0.505 e. The molecule has 4 heteroatoms. The van der Waals surface area contributed by atoms with Crippen molar-refractivity contribution in [1.29, 1.82) is 0 Å². The van der Waals surface area contributed by atoms with Gasteiger partial charge in [0.05, 0.1) is 5.02 Å². The van der Waals surface area contributed by atoms with E-state index in [1.165, 1.54) is 32.1 Å². The second-order valence-electron chi connectivity index (χ2n) is 7.63. The van der Waals surface area contributed by atoms with Crippen molar-refractivity contribution in [2.45, 2.75) is 51.6 Å². The summed E-state index contributed by atoms with van der Waals surface area (Å²) < 4.78 is 0. The maximum Gasteiger partial charge on any atom is 0.146 e. The van der Waals surface area contributed by atoms with Gasteiger partial charge in [-0.2, -0.15) is 0 Å². The number of nitrogens with zero attached hydrogens (tertiary/aromatic N) is 1. The van der Waals surface area contributed by atoms with E-state index in [1.54, 1.807) is 6.20 Å². The van der Waals surface area contributed by atoms with Crippen molar-refractivity contribution in [2.75, 3.05) is 0 Å². The van der Waals surface area contributed by atoms with Gasteiger partial charge in [0.25, 0.3) is 0 Å². The summed E-state index contributed by atoms with van der Waals surface area (Å²) in [5.41, 5.74) is 2.18. The Hall–Kier alpha value is -1.32. The zero-order valence-electron chi connectivity index (χ0n) is 13.5. The van der Waals surface area contributed by atoms with Crippen LogP contribution in [0.2, 0.25) is 5.02 Å². The average Bonchev–Trinajstić information content (AvgIpc) is 3.24. The third kappa shape index (κ3) is 3.05. The van der Waals surface area contributed by atoms with E-state index in [2.05, 4.69) is 17.2 Å². The number of fused-ring (bicyclic) bond motifs is 1. The molecule has 23 heavy (non-hydrogen) atoms. The number of pyridine rings is 1. The number of aromatic nitrogens is 1. The number of nitrogens with one attached hydrogen (secondary N) is 1. The van der Waals surface area contributed by atoms with Gasteiger partial charge in [0.15, 0.2) is 0 Å². The first-order chi connectivity index (χ1) is 11.0.